The molecule has 0 bridgehead atoms. The Morgan fingerprint density at radius 1 is 0.810 bits per heavy atom. The predicted octanol–water partition coefficient (Wildman–Crippen LogP) is 4.02. The van der Waals surface area contributed by atoms with Crippen molar-refractivity contribution in [2.24, 2.45) is 0 Å². The summed E-state index contributed by atoms with van der Waals surface area (Å²) in [5, 5.41) is 7.82. The van der Waals surface area contributed by atoms with Gasteiger partial charge in [0, 0.05) is 24.2 Å². The van der Waals surface area contributed by atoms with Gasteiger partial charge >= 0.3 is 0 Å². The van der Waals surface area contributed by atoms with Crippen LogP contribution in [0.15, 0.2) is 54.6 Å². The van der Waals surface area contributed by atoms with Gasteiger partial charge in [-0.15, -0.1) is 0 Å². The molecule has 21 heavy (non-hydrogen) atoms. The molecule has 0 unspecified atom stereocenters. The highest BCUT2D eigenvalue weighted by atomic mass is 35.5. The topological polar surface area (TPSA) is 24.1 Å². The van der Waals surface area contributed by atoms with E-state index in [1.54, 1.807) is 0 Å². The van der Waals surface area contributed by atoms with Crippen molar-refractivity contribution < 1.29 is 0 Å². The summed E-state index contributed by atoms with van der Waals surface area (Å²) in [5.41, 5.74) is 2.50. The van der Waals surface area contributed by atoms with E-state index in [2.05, 4.69) is 60.9 Å². The average molecular weight is 303 g/mol. The predicted molar refractivity (Wildman–Crippen MR) is 90.9 cm³/mol. The van der Waals surface area contributed by atoms with Gasteiger partial charge in [-0.05, 0) is 23.3 Å². The van der Waals surface area contributed by atoms with E-state index in [0.29, 0.717) is 6.04 Å². The van der Waals surface area contributed by atoms with E-state index >= 15 is 0 Å². The molecule has 2 aromatic rings. The molecular formula is C18H23ClN2. The van der Waals surface area contributed by atoms with Crippen LogP contribution in [0.4, 0.5) is 0 Å². The molecule has 2 N–H and O–H groups in total. The third-order valence-electron chi connectivity index (χ3n) is 3.36. The minimum Gasteiger partial charge on any atom is -0.313 e. The molecule has 0 radical (unpaired) electrons. The van der Waals surface area contributed by atoms with Gasteiger partial charge in [0.15, 0.2) is 0 Å². The molecule has 112 valence electrons. The number of hydrogen-bond acceptors (Lipinski definition) is 2. The summed E-state index contributed by atoms with van der Waals surface area (Å²) < 4.78 is 0. The van der Waals surface area contributed by atoms with E-state index in [9.17, 15) is 0 Å². The van der Waals surface area contributed by atoms with Crippen LogP contribution in [0, 0.1) is 0 Å². The molecular weight excluding hydrogens is 280 g/mol. The van der Waals surface area contributed by atoms with Crippen LogP contribution in [0.2, 0.25) is 5.02 Å². The van der Waals surface area contributed by atoms with E-state index in [4.69, 9.17) is 11.6 Å². The van der Waals surface area contributed by atoms with Gasteiger partial charge in [-0.2, -0.15) is 0 Å². The van der Waals surface area contributed by atoms with E-state index in [1.807, 2.05) is 18.2 Å². The first-order valence-electron chi connectivity index (χ1n) is 7.44. The molecule has 0 spiro atoms. The molecule has 0 fully saturated rings. The lowest BCUT2D eigenvalue weighted by molar-refractivity contribution is 0.531. The number of halogens is 1. The molecule has 2 aromatic carbocycles. The Labute approximate surface area is 132 Å². The van der Waals surface area contributed by atoms with Crippen LogP contribution in [-0.2, 0) is 0 Å². The van der Waals surface area contributed by atoms with Crippen LogP contribution in [-0.4, -0.2) is 19.1 Å². The smallest absolute Gasteiger partial charge is 0.0577 e. The Morgan fingerprint density at radius 3 is 2.00 bits per heavy atom. The van der Waals surface area contributed by atoms with Gasteiger partial charge in [0.1, 0.15) is 0 Å². The van der Waals surface area contributed by atoms with Gasteiger partial charge in [0.25, 0.3) is 0 Å². The van der Waals surface area contributed by atoms with Gasteiger partial charge in [0.2, 0.25) is 0 Å². The summed E-state index contributed by atoms with van der Waals surface area (Å²) in [6.07, 6.45) is 0. The van der Waals surface area contributed by atoms with Crippen LogP contribution < -0.4 is 10.6 Å². The van der Waals surface area contributed by atoms with Crippen molar-refractivity contribution in [3.05, 3.63) is 70.7 Å². The first kappa shape index (κ1) is 16.0. The molecule has 0 amide bonds. The molecule has 0 aromatic heterocycles. The maximum absolute atomic E-state index is 5.99. The van der Waals surface area contributed by atoms with Gasteiger partial charge in [-0.25, -0.2) is 0 Å². The summed E-state index contributed by atoms with van der Waals surface area (Å²) in [7, 11) is 0. The summed E-state index contributed by atoms with van der Waals surface area (Å²) in [6, 6.07) is 19.3. The number of rotatable bonds is 7. The molecule has 0 aliphatic carbocycles. The highest BCUT2D eigenvalue weighted by Crippen LogP contribution is 2.23. The van der Waals surface area contributed by atoms with Gasteiger partial charge in [0.05, 0.1) is 6.04 Å². The fraction of sp³-hybridized carbons (Fsp3) is 0.333. The SMILES string of the molecule is CC(C)NCCN[C@@H](c1ccccc1)c1ccc(Cl)cc1. The molecule has 0 saturated carbocycles. The van der Waals surface area contributed by atoms with Crippen molar-refractivity contribution in [3.8, 4) is 0 Å². The van der Waals surface area contributed by atoms with Crippen molar-refractivity contribution in [2.45, 2.75) is 25.9 Å². The van der Waals surface area contributed by atoms with Crippen LogP contribution in [0.1, 0.15) is 31.0 Å². The minimum absolute atomic E-state index is 0.192. The van der Waals surface area contributed by atoms with Crippen molar-refractivity contribution in [3.63, 3.8) is 0 Å². The molecule has 3 heteroatoms. The second-order valence-electron chi connectivity index (χ2n) is 5.46. The summed E-state index contributed by atoms with van der Waals surface area (Å²) in [5.74, 6) is 0. The fourth-order valence-corrected chi connectivity index (χ4v) is 2.43. The number of benzene rings is 2. The highest BCUT2D eigenvalue weighted by molar-refractivity contribution is 6.30. The molecule has 1 atom stereocenters. The zero-order valence-corrected chi connectivity index (χ0v) is 13.4. The van der Waals surface area contributed by atoms with Crippen molar-refractivity contribution in [2.75, 3.05) is 13.1 Å². The number of nitrogens with one attached hydrogen (secondary N) is 2. The zero-order valence-electron chi connectivity index (χ0n) is 12.6. The van der Waals surface area contributed by atoms with Crippen molar-refractivity contribution >= 4 is 11.6 Å². The Hall–Kier alpha value is -1.35. The third kappa shape index (κ3) is 5.16. The van der Waals surface area contributed by atoms with Crippen LogP contribution in [0.3, 0.4) is 0 Å². The van der Waals surface area contributed by atoms with Gasteiger partial charge in [-0.1, -0.05) is 67.9 Å². The first-order chi connectivity index (χ1) is 10.2. The lowest BCUT2D eigenvalue weighted by atomic mass is 9.99. The van der Waals surface area contributed by atoms with E-state index in [0.717, 1.165) is 18.1 Å². The van der Waals surface area contributed by atoms with E-state index in [-0.39, 0.29) is 6.04 Å². The normalized spacial score (nSPS) is 12.6. The van der Waals surface area contributed by atoms with Crippen LogP contribution in [0.25, 0.3) is 0 Å². The van der Waals surface area contributed by atoms with E-state index in [1.165, 1.54) is 11.1 Å². The molecule has 2 nitrogen and oxygen atoms in total. The summed E-state index contributed by atoms with van der Waals surface area (Å²) >= 11 is 5.99. The average Bonchev–Trinajstić information content (AvgIpc) is 2.49. The second kappa shape index (κ2) is 8.18. The van der Waals surface area contributed by atoms with E-state index < -0.39 is 0 Å². The zero-order chi connectivity index (χ0) is 15.1. The lowest BCUT2D eigenvalue weighted by Crippen LogP contribution is -2.33. The second-order valence-corrected chi connectivity index (χ2v) is 5.89. The lowest BCUT2D eigenvalue weighted by Gasteiger charge is -2.20. The molecule has 0 saturated heterocycles. The minimum atomic E-state index is 0.192. The Morgan fingerprint density at radius 2 is 1.38 bits per heavy atom. The maximum Gasteiger partial charge on any atom is 0.0577 e. The Balaban J connectivity index is 2.09. The monoisotopic (exact) mass is 302 g/mol. The highest BCUT2D eigenvalue weighted by Gasteiger charge is 2.12. The molecule has 2 rings (SSSR count). The van der Waals surface area contributed by atoms with Crippen molar-refractivity contribution in [1.29, 1.82) is 0 Å². The molecule has 0 aliphatic rings. The van der Waals surface area contributed by atoms with Crippen LogP contribution in [0.5, 0.6) is 0 Å². The fourth-order valence-electron chi connectivity index (χ4n) is 2.31. The Kier molecular flexibility index (Phi) is 6.24. The quantitative estimate of drug-likeness (QED) is 0.755. The van der Waals surface area contributed by atoms with Gasteiger partial charge < -0.3 is 10.6 Å². The van der Waals surface area contributed by atoms with Crippen LogP contribution >= 0.6 is 11.6 Å². The largest absolute Gasteiger partial charge is 0.313 e. The van der Waals surface area contributed by atoms with Crippen molar-refractivity contribution in [1.82, 2.24) is 10.6 Å². The van der Waals surface area contributed by atoms with Gasteiger partial charge in [-0.3, -0.25) is 0 Å². The molecule has 0 heterocycles. The maximum atomic E-state index is 5.99. The number of hydrogen-bond donors (Lipinski definition) is 2. The standard InChI is InChI=1S/C18H23ClN2/c1-14(2)20-12-13-21-18(15-6-4-3-5-7-15)16-8-10-17(19)11-9-16/h3-11,14,18,20-21H,12-13H2,1-2H3/t18-/m0/s1. The summed E-state index contributed by atoms with van der Waals surface area (Å²) in [6.45, 7) is 6.19. The molecule has 0 aliphatic heterocycles. The first-order valence-corrected chi connectivity index (χ1v) is 7.82. The summed E-state index contributed by atoms with van der Waals surface area (Å²) in [4.78, 5) is 0. The third-order valence-corrected chi connectivity index (χ3v) is 3.61. The Bertz CT molecular complexity index is 523.